The lowest BCUT2D eigenvalue weighted by Crippen LogP contribution is -2.10. The van der Waals surface area contributed by atoms with Crippen LogP contribution in [-0.4, -0.2) is 0 Å². The zero-order valence-corrected chi connectivity index (χ0v) is 35.0. The van der Waals surface area contributed by atoms with E-state index in [1.165, 1.54) is 0 Å². The molecule has 0 atom stereocenters. The van der Waals surface area contributed by atoms with Gasteiger partial charge in [0.25, 0.3) is 0 Å². The fraction of sp³-hybridized carbons (Fsp3) is 0. The Morgan fingerprint density at radius 1 is 0.242 bits per heavy atom. The third kappa shape index (κ3) is 5.06. The molecule has 0 spiro atoms. The highest BCUT2D eigenvalue weighted by Crippen LogP contribution is 2.46. The van der Waals surface area contributed by atoms with Gasteiger partial charge in [-0.25, -0.2) is 0 Å². The number of hydrogen-bond acceptors (Lipinski definition) is 6. The second-order valence-electron chi connectivity index (χ2n) is 17.1. The highest BCUT2D eigenvalue weighted by atomic mass is 16.3. The van der Waals surface area contributed by atoms with Gasteiger partial charge in [-0.15, -0.1) is 0 Å². The molecule has 0 unspecified atom stereocenters. The normalized spacial score (nSPS) is 12.2. The summed E-state index contributed by atoms with van der Waals surface area (Å²) in [5.74, 6) is 0. The Bertz CT molecular complexity index is 4460. The van der Waals surface area contributed by atoms with Crippen LogP contribution in [0.2, 0.25) is 0 Å². The van der Waals surface area contributed by atoms with E-state index in [1.807, 2.05) is 42.5 Å². The summed E-state index contributed by atoms with van der Waals surface area (Å²) in [4.78, 5) is 2.28. The molecule has 0 amide bonds. The molecule has 0 aliphatic carbocycles. The zero-order chi connectivity index (χ0) is 43.0. The lowest BCUT2D eigenvalue weighted by atomic mass is 10.0. The minimum Gasteiger partial charge on any atom is -0.456 e. The van der Waals surface area contributed by atoms with Crippen molar-refractivity contribution < 1.29 is 22.1 Å². The predicted octanol–water partition coefficient (Wildman–Crippen LogP) is 18.0. The van der Waals surface area contributed by atoms with Crippen LogP contribution in [0.25, 0.3) is 132 Å². The summed E-state index contributed by atoms with van der Waals surface area (Å²) < 4.78 is 32.7. The highest BCUT2D eigenvalue weighted by molar-refractivity contribution is 6.20. The molecular formula is C60H33NO5. The van der Waals surface area contributed by atoms with Gasteiger partial charge < -0.3 is 27.0 Å². The van der Waals surface area contributed by atoms with Crippen molar-refractivity contribution in [2.45, 2.75) is 0 Å². The first-order chi connectivity index (χ1) is 32.7. The molecule has 15 aromatic rings. The smallest absolute Gasteiger partial charge is 0.159 e. The lowest BCUT2D eigenvalue weighted by molar-refractivity contribution is 0.662. The monoisotopic (exact) mass is 847 g/mol. The molecule has 10 aromatic carbocycles. The molecule has 5 aromatic heterocycles. The first kappa shape index (κ1) is 35.5. The Hall–Kier alpha value is -9.00. The van der Waals surface area contributed by atoms with Crippen molar-refractivity contribution in [1.82, 2.24) is 0 Å². The predicted molar refractivity (Wildman–Crippen MR) is 268 cm³/mol. The molecule has 0 fully saturated rings. The van der Waals surface area contributed by atoms with Crippen LogP contribution in [0.5, 0.6) is 0 Å². The molecule has 66 heavy (non-hydrogen) atoms. The maximum absolute atomic E-state index is 6.79. The van der Waals surface area contributed by atoms with E-state index in [-0.39, 0.29) is 0 Å². The summed E-state index contributed by atoms with van der Waals surface area (Å²) in [6.07, 6.45) is 0. The number of hydrogen-bond donors (Lipinski definition) is 0. The Kier molecular flexibility index (Phi) is 7.13. The SMILES string of the molecule is c1ccc2c(c1)oc1cc3c(cc12)oc1cc2c(cc13)oc1c(-c3ccc(N(c4ccc(-c5cccc6c5oc5ccccc56)cc4)c4cccc5c4oc4ccccc45)cc3)cccc12. The van der Waals surface area contributed by atoms with Gasteiger partial charge >= 0.3 is 0 Å². The first-order valence-corrected chi connectivity index (χ1v) is 22.1. The van der Waals surface area contributed by atoms with Gasteiger partial charge in [0, 0.05) is 76.4 Å². The summed E-state index contributed by atoms with van der Waals surface area (Å²) in [5, 5.41) is 10.5. The summed E-state index contributed by atoms with van der Waals surface area (Å²) in [6, 6.07) is 69.5. The Balaban J connectivity index is 0.846. The quantitative estimate of drug-likeness (QED) is 0.172. The van der Waals surface area contributed by atoms with Crippen LogP contribution in [-0.2, 0) is 0 Å². The molecule has 0 bridgehead atoms. The van der Waals surface area contributed by atoms with Gasteiger partial charge in [-0.2, -0.15) is 0 Å². The minimum absolute atomic E-state index is 0.805. The maximum atomic E-state index is 6.79. The number of para-hydroxylation sites is 6. The van der Waals surface area contributed by atoms with Gasteiger partial charge in [0.05, 0.1) is 5.69 Å². The van der Waals surface area contributed by atoms with E-state index in [0.29, 0.717) is 0 Å². The fourth-order valence-corrected chi connectivity index (χ4v) is 10.4. The van der Waals surface area contributed by atoms with Crippen molar-refractivity contribution in [2.24, 2.45) is 0 Å². The average Bonchev–Trinajstić information content (AvgIpc) is 4.19. The van der Waals surface area contributed by atoms with Crippen LogP contribution < -0.4 is 4.90 Å². The van der Waals surface area contributed by atoms with Gasteiger partial charge in [0.15, 0.2) is 5.58 Å². The van der Waals surface area contributed by atoms with Crippen LogP contribution in [0.3, 0.4) is 0 Å². The van der Waals surface area contributed by atoms with E-state index in [2.05, 4.69) is 163 Å². The van der Waals surface area contributed by atoms with Crippen molar-refractivity contribution in [1.29, 1.82) is 0 Å². The fourth-order valence-electron chi connectivity index (χ4n) is 10.4. The molecule has 6 nitrogen and oxygen atoms in total. The first-order valence-electron chi connectivity index (χ1n) is 22.1. The molecule has 0 aliphatic heterocycles. The number of furan rings is 5. The molecule has 15 rings (SSSR count). The number of anilines is 3. The van der Waals surface area contributed by atoms with Crippen LogP contribution in [0.15, 0.2) is 222 Å². The number of rotatable bonds is 5. The van der Waals surface area contributed by atoms with E-state index in [0.717, 1.165) is 149 Å². The molecule has 308 valence electrons. The highest BCUT2D eigenvalue weighted by Gasteiger charge is 2.22. The average molecular weight is 848 g/mol. The third-order valence-electron chi connectivity index (χ3n) is 13.5. The molecule has 0 saturated heterocycles. The second-order valence-corrected chi connectivity index (χ2v) is 17.1. The summed E-state index contributed by atoms with van der Waals surface area (Å²) >= 11 is 0. The third-order valence-corrected chi connectivity index (χ3v) is 13.5. The van der Waals surface area contributed by atoms with Crippen molar-refractivity contribution >= 4 is 127 Å². The van der Waals surface area contributed by atoms with Gasteiger partial charge in [-0.3, -0.25) is 0 Å². The lowest BCUT2D eigenvalue weighted by Gasteiger charge is -2.26. The number of fused-ring (bicyclic) bond motifs is 15. The zero-order valence-electron chi connectivity index (χ0n) is 35.0. The Labute approximate surface area is 374 Å². The van der Waals surface area contributed by atoms with Crippen molar-refractivity contribution in [3.8, 4) is 22.3 Å². The van der Waals surface area contributed by atoms with E-state index >= 15 is 0 Å². The van der Waals surface area contributed by atoms with Crippen molar-refractivity contribution in [3.05, 3.63) is 200 Å². The van der Waals surface area contributed by atoms with E-state index in [9.17, 15) is 0 Å². The summed E-state index contributed by atoms with van der Waals surface area (Å²) in [5.41, 5.74) is 15.5. The van der Waals surface area contributed by atoms with Crippen LogP contribution >= 0.6 is 0 Å². The van der Waals surface area contributed by atoms with E-state index in [1.54, 1.807) is 0 Å². The molecular weight excluding hydrogens is 815 g/mol. The standard InChI is InChI=1S/C60H33NO5/c1-5-20-52-40(10-1)43-15-7-13-38(58(43)64-52)34-22-26-36(27-23-34)61(50-18-9-17-44-41-11-2-6-21-53(41)65-60(44)50)37-28-24-35(25-29-37)39-14-8-16-45-47-31-56-49(33-57(47)66-59(39)45)48-32-54-46(30-55(48)63-56)42-12-3-4-19-51(42)62-54/h1-33H. The Morgan fingerprint density at radius 2 is 0.591 bits per heavy atom. The van der Waals surface area contributed by atoms with Crippen LogP contribution in [0.1, 0.15) is 0 Å². The largest absolute Gasteiger partial charge is 0.456 e. The summed E-state index contributed by atoms with van der Waals surface area (Å²) in [7, 11) is 0. The van der Waals surface area contributed by atoms with Crippen LogP contribution in [0, 0.1) is 0 Å². The number of nitrogens with zero attached hydrogens (tertiary/aromatic N) is 1. The van der Waals surface area contributed by atoms with Gasteiger partial charge in [0.1, 0.15) is 50.2 Å². The van der Waals surface area contributed by atoms with Crippen molar-refractivity contribution in [3.63, 3.8) is 0 Å². The molecule has 0 radical (unpaired) electrons. The maximum Gasteiger partial charge on any atom is 0.159 e. The van der Waals surface area contributed by atoms with Gasteiger partial charge in [-0.1, -0.05) is 127 Å². The molecule has 0 aliphatic rings. The van der Waals surface area contributed by atoms with Crippen molar-refractivity contribution in [2.75, 3.05) is 4.90 Å². The van der Waals surface area contributed by atoms with Gasteiger partial charge in [-0.05, 0) is 83.9 Å². The Morgan fingerprint density at radius 3 is 1.14 bits per heavy atom. The molecule has 0 saturated carbocycles. The van der Waals surface area contributed by atoms with E-state index in [4.69, 9.17) is 22.1 Å². The second kappa shape index (κ2) is 13.3. The summed E-state index contributed by atoms with van der Waals surface area (Å²) in [6.45, 7) is 0. The topological polar surface area (TPSA) is 68.9 Å². The molecule has 0 N–H and O–H groups in total. The number of benzene rings is 10. The minimum atomic E-state index is 0.805. The molecule has 6 heteroatoms. The van der Waals surface area contributed by atoms with E-state index < -0.39 is 0 Å². The molecule has 5 heterocycles. The van der Waals surface area contributed by atoms with Crippen LogP contribution in [0.4, 0.5) is 17.1 Å². The van der Waals surface area contributed by atoms with Gasteiger partial charge in [0.2, 0.25) is 0 Å².